The molecule has 0 aliphatic rings. The Morgan fingerprint density at radius 2 is 1.92 bits per heavy atom. The second-order valence-electron chi connectivity index (χ2n) is 3.59. The lowest BCUT2D eigenvalue weighted by molar-refractivity contribution is -0.120. The Bertz CT molecular complexity index is 135. The van der Waals surface area contributed by atoms with E-state index in [1.807, 2.05) is 0 Å². The van der Waals surface area contributed by atoms with Crippen molar-refractivity contribution in [3.63, 3.8) is 0 Å². The molecule has 0 heterocycles. The van der Waals surface area contributed by atoms with Crippen LogP contribution in [0.4, 0.5) is 0 Å². The van der Waals surface area contributed by atoms with Gasteiger partial charge in [-0.05, 0) is 19.4 Å². The van der Waals surface area contributed by atoms with Gasteiger partial charge in [0, 0.05) is 19.5 Å². The zero-order valence-corrected chi connectivity index (χ0v) is 9.02. The second-order valence-corrected chi connectivity index (χ2v) is 3.59. The summed E-state index contributed by atoms with van der Waals surface area (Å²) in [5, 5.41) is 5.97. The molecule has 0 aromatic carbocycles. The fraction of sp³-hybridized carbons (Fsp3) is 0.900. The van der Waals surface area contributed by atoms with Crippen molar-refractivity contribution in [2.24, 2.45) is 0 Å². The first-order valence-corrected chi connectivity index (χ1v) is 5.10. The molecule has 0 spiro atoms. The number of amides is 1. The molecule has 0 radical (unpaired) electrons. The lowest BCUT2D eigenvalue weighted by Crippen LogP contribution is -2.23. The monoisotopic (exact) mass is 186 g/mol. The van der Waals surface area contributed by atoms with Crippen LogP contribution >= 0.6 is 0 Å². The van der Waals surface area contributed by atoms with E-state index in [0.717, 1.165) is 25.8 Å². The first-order chi connectivity index (χ1) is 6.16. The fourth-order valence-electron chi connectivity index (χ4n) is 1.10. The number of hydrogen-bond acceptors (Lipinski definition) is 2. The molecular formula is C10H22N2O. The van der Waals surface area contributed by atoms with Crippen LogP contribution in [0.1, 0.15) is 39.5 Å². The minimum absolute atomic E-state index is 0.150. The van der Waals surface area contributed by atoms with E-state index in [1.54, 1.807) is 7.05 Å². The van der Waals surface area contributed by atoms with Crippen LogP contribution in [0.2, 0.25) is 0 Å². The van der Waals surface area contributed by atoms with Crippen LogP contribution in [-0.2, 0) is 4.79 Å². The van der Waals surface area contributed by atoms with E-state index in [4.69, 9.17) is 0 Å². The molecule has 0 aromatic rings. The van der Waals surface area contributed by atoms with Crippen molar-refractivity contribution in [2.45, 2.75) is 45.6 Å². The predicted molar refractivity (Wildman–Crippen MR) is 55.7 cm³/mol. The van der Waals surface area contributed by atoms with Gasteiger partial charge in [0.2, 0.25) is 5.91 Å². The smallest absolute Gasteiger partial charge is 0.219 e. The van der Waals surface area contributed by atoms with Gasteiger partial charge >= 0.3 is 0 Å². The van der Waals surface area contributed by atoms with Gasteiger partial charge in [0.15, 0.2) is 0 Å². The molecule has 0 bridgehead atoms. The first kappa shape index (κ1) is 12.4. The maximum atomic E-state index is 10.8. The Hall–Kier alpha value is -0.570. The summed E-state index contributed by atoms with van der Waals surface area (Å²) in [6, 6.07) is 0.568. The van der Waals surface area contributed by atoms with E-state index in [9.17, 15) is 4.79 Å². The Morgan fingerprint density at radius 1 is 1.23 bits per heavy atom. The van der Waals surface area contributed by atoms with Gasteiger partial charge in [-0.15, -0.1) is 0 Å². The van der Waals surface area contributed by atoms with Crippen molar-refractivity contribution < 1.29 is 4.79 Å². The van der Waals surface area contributed by atoms with Crippen molar-refractivity contribution in [1.29, 1.82) is 0 Å². The number of nitrogens with one attached hydrogen (secondary N) is 2. The van der Waals surface area contributed by atoms with Gasteiger partial charge in [-0.25, -0.2) is 0 Å². The van der Waals surface area contributed by atoms with Gasteiger partial charge in [0.25, 0.3) is 0 Å². The van der Waals surface area contributed by atoms with Gasteiger partial charge < -0.3 is 10.6 Å². The SMILES string of the molecule is CNC(=O)CCCCCNC(C)C. The molecular weight excluding hydrogens is 164 g/mol. The maximum absolute atomic E-state index is 10.8. The molecule has 13 heavy (non-hydrogen) atoms. The Balaban J connectivity index is 3.04. The molecule has 0 unspecified atom stereocenters. The van der Waals surface area contributed by atoms with Gasteiger partial charge in [0.1, 0.15) is 0 Å². The summed E-state index contributed by atoms with van der Waals surface area (Å²) in [5.74, 6) is 0.150. The maximum Gasteiger partial charge on any atom is 0.219 e. The molecule has 78 valence electrons. The molecule has 0 saturated carbocycles. The highest BCUT2D eigenvalue weighted by Gasteiger charge is 1.97. The predicted octanol–water partition coefficient (Wildman–Crippen LogP) is 1.29. The normalized spacial score (nSPS) is 10.5. The van der Waals surface area contributed by atoms with Crippen LogP contribution in [0.25, 0.3) is 0 Å². The summed E-state index contributed by atoms with van der Waals surface area (Å²) in [6.45, 7) is 5.35. The van der Waals surface area contributed by atoms with E-state index in [2.05, 4.69) is 24.5 Å². The number of hydrogen-bond donors (Lipinski definition) is 2. The summed E-state index contributed by atoms with van der Waals surface area (Å²) < 4.78 is 0. The van der Waals surface area contributed by atoms with Crippen LogP contribution in [0.3, 0.4) is 0 Å². The topological polar surface area (TPSA) is 41.1 Å². The summed E-state index contributed by atoms with van der Waals surface area (Å²) in [5.41, 5.74) is 0. The van der Waals surface area contributed by atoms with Crippen LogP contribution in [0, 0.1) is 0 Å². The highest BCUT2D eigenvalue weighted by atomic mass is 16.1. The molecule has 3 nitrogen and oxygen atoms in total. The summed E-state index contributed by atoms with van der Waals surface area (Å²) >= 11 is 0. The largest absolute Gasteiger partial charge is 0.359 e. The van der Waals surface area contributed by atoms with Crippen molar-refractivity contribution in [2.75, 3.05) is 13.6 Å². The zero-order chi connectivity index (χ0) is 10.1. The van der Waals surface area contributed by atoms with Crippen molar-refractivity contribution in [3.05, 3.63) is 0 Å². The molecule has 1 amide bonds. The van der Waals surface area contributed by atoms with Gasteiger partial charge in [-0.1, -0.05) is 20.3 Å². The van der Waals surface area contributed by atoms with Crippen LogP contribution < -0.4 is 10.6 Å². The highest BCUT2D eigenvalue weighted by molar-refractivity contribution is 5.75. The average Bonchev–Trinajstić information content (AvgIpc) is 2.10. The molecule has 2 N–H and O–H groups in total. The molecule has 0 fully saturated rings. The first-order valence-electron chi connectivity index (χ1n) is 5.10. The zero-order valence-electron chi connectivity index (χ0n) is 9.02. The van der Waals surface area contributed by atoms with Crippen molar-refractivity contribution >= 4 is 5.91 Å². The molecule has 3 heteroatoms. The van der Waals surface area contributed by atoms with Crippen LogP contribution in [0.5, 0.6) is 0 Å². The summed E-state index contributed by atoms with van der Waals surface area (Å²) in [6.07, 6.45) is 3.96. The molecule has 0 saturated heterocycles. The van der Waals surface area contributed by atoms with E-state index >= 15 is 0 Å². The third-order valence-corrected chi connectivity index (χ3v) is 1.91. The second kappa shape index (κ2) is 8.05. The number of rotatable bonds is 7. The van der Waals surface area contributed by atoms with Gasteiger partial charge in [0.05, 0.1) is 0 Å². The molecule has 0 rings (SSSR count). The standard InChI is InChI=1S/C10H22N2O/c1-9(2)12-8-6-4-5-7-10(13)11-3/h9,12H,4-8H2,1-3H3,(H,11,13). The molecule has 0 aromatic heterocycles. The molecule has 0 aliphatic carbocycles. The van der Waals surface area contributed by atoms with E-state index < -0.39 is 0 Å². The third kappa shape index (κ3) is 9.34. The minimum atomic E-state index is 0.150. The van der Waals surface area contributed by atoms with Gasteiger partial charge in [-0.3, -0.25) is 4.79 Å². The number of carbonyl (C=O) groups excluding carboxylic acids is 1. The van der Waals surface area contributed by atoms with E-state index in [-0.39, 0.29) is 5.91 Å². The molecule has 0 atom stereocenters. The van der Waals surface area contributed by atoms with E-state index in [1.165, 1.54) is 0 Å². The molecule has 0 aliphatic heterocycles. The number of unbranched alkanes of at least 4 members (excludes halogenated alkanes) is 2. The lowest BCUT2D eigenvalue weighted by Gasteiger charge is -2.06. The Kier molecular flexibility index (Phi) is 7.69. The average molecular weight is 186 g/mol. The minimum Gasteiger partial charge on any atom is -0.359 e. The Labute approximate surface area is 81.3 Å². The van der Waals surface area contributed by atoms with Crippen LogP contribution in [-0.4, -0.2) is 25.5 Å². The number of carbonyl (C=O) groups is 1. The lowest BCUT2D eigenvalue weighted by atomic mass is 10.2. The van der Waals surface area contributed by atoms with Crippen molar-refractivity contribution in [1.82, 2.24) is 10.6 Å². The van der Waals surface area contributed by atoms with Crippen molar-refractivity contribution in [3.8, 4) is 0 Å². The highest BCUT2D eigenvalue weighted by Crippen LogP contribution is 1.98. The summed E-state index contributed by atoms with van der Waals surface area (Å²) in [4.78, 5) is 10.8. The van der Waals surface area contributed by atoms with Gasteiger partial charge in [-0.2, -0.15) is 0 Å². The Morgan fingerprint density at radius 3 is 2.46 bits per heavy atom. The quantitative estimate of drug-likeness (QED) is 0.588. The summed E-state index contributed by atoms with van der Waals surface area (Å²) in [7, 11) is 1.68. The van der Waals surface area contributed by atoms with Crippen LogP contribution in [0.15, 0.2) is 0 Å². The van der Waals surface area contributed by atoms with E-state index in [0.29, 0.717) is 12.5 Å². The fourth-order valence-corrected chi connectivity index (χ4v) is 1.10. The third-order valence-electron chi connectivity index (χ3n) is 1.91.